The molecule has 1 fully saturated rings. The molecule has 2 rings (SSSR count). The number of aromatic nitrogens is 1. The van der Waals surface area contributed by atoms with Crippen molar-refractivity contribution in [2.75, 3.05) is 44.7 Å². The Hall–Kier alpha value is -1.83. The highest BCUT2D eigenvalue weighted by atomic mass is 79.9. The highest BCUT2D eigenvalue weighted by molar-refractivity contribution is 9.10. The lowest BCUT2D eigenvalue weighted by atomic mass is 10.3. The maximum atomic E-state index is 11.9. The van der Waals surface area contributed by atoms with Crippen LogP contribution in [0.3, 0.4) is 0 Å². The molecule has 8 heteroatoms. The van der Waals surface area contributed by atoms with E-state index in [0.717, 1.165) is 23.3 Å². The Kier molecular flexibility index (Phi) is 6.00. The molecule has 1 aromatic rings. The van der Waals surface area contributed by atoms with Crippen LogP contribution < -0.4 is 10.2 Å². The van der Waals surface area contributed by atoms with Crippen molar-refractivity contribution in [1.29, 1.82) is 0 Å². The summed E-state index contributed by atoms with van der Waals surface area (Å²) in [6, 6.07) is 3.90. The van der Waals surface area contributed by atoms with E-state index >= 15 is 0 Å². The molecule has 1 N–H and O–H groups in total. The quantitative estimate of drug-likeness (QED) is 0.866. The average Bonchev–Trinajstić information content (AvgIpc) is 2.79. The first-order valence-corrected chi connectivity index (χ1v) is 7.88. The Morgan fingerprint density at radius 3 is 2.82 bits per heavy atom. The summed E-state index contributed by atoms with van der Waals surface area (Å²) in [5.74, 6) is 0.577. The molecule has 2 heterocycles. The molecule has 0 radical (unpaired) electrons. The lowest BCUT2D eigenvalue weighted by Gasteiger charge is -2.22. The van der Waals surface area contributed by atoms with Gasteiger partial charge in [-0.3, -0.25) is 4.79 Å². The number of nitrogens with zero attached hydrogens (tertiary/aromatic N) is 3. The summed E-state index contributed by atoms with van der Waals surface area (Å²) in [5, 5.41) is 2.41. The van der Waals surface area contributed by atoms with Gasteiger partial charge in [0.05, 0.1) is 0 Å². The molecule has 1 aliphatic heterocycles. The lowest BCUT2D eigenvalue weighted by Crippen LogP contribution is -2.37. The van der Waals surface area contributed by atoms with E-state index in [1.807, 2.05) is 12.1 Å². The summed E-state index contributed by atoms with van der Waals surface area (Å²) in [6.45, 7) is 2.42. The number of rotatable bonds is 3. The van der Waals surface area contributed by atoms with E-state index in [0.29, 0.717) is 19.6 Å². The molecule has 1 aliphatic rings. The third kappa shape index (κ3) is 4.59. The van der Waals surface area contributed by atoms with Crippen LogP contribution in [0, 0.1) is 0 Å². The average molecular weight is 371 g/mol. The van der Waals surface area contributed by atoms with Crippen molar-refractivity contribution in [2.45, 2.75) is 6.42 Å². The number of amides is 2. The van der Waals surface area contributed by atoms with Crippen molar-refractivity contribution in [3.8, 4) is 0 Å². The molecule has 7 nitrogen and oxygen atoms in total. The zero-order valence-corrected chi connectivity index (χ0v) is 14.0. The molecule has 0 bridgehead atoms. The van der Waals surface area contributed by atoms with Crippen molar-refractivity contribution in [1.82, 2.24) is 15.2 Å². The van der Waals surface area contributed by atoms with E-state index in [-0.39, 0.29) is 12.5 Å². The Labute approximate surface area is 137 Å². The highest BCUT2D eigenvalue weighted by Gasteiger charge is 2.21. The number of halogens is 1. The summed E-state index contributed by atoms with van der Waals surface area (Å²) >= 11 is 3.37. The van der Waals surface area contributed by atoms with Crippen molar-refractivity contribution < 1.29 is 14.3 Å². The maximum absolute atomic E-state index is 11.9. The van der Waals surface area contributed by atoms with E-state index < -0.39 is 6.09 Å². The van der Waals surface area contributed by atoms with E-state index in [2.05, 4.69) is 31.1 Å². The van der Waals surface area contributed by atoms with Crippen LogP contribution in [0.15, 0.2) is 22.8 Å². The van der Waals surface area contributed by atoms with E-state index in [1.54, 1.807) is 11.1 Å². The van der Waals surface area contributed by atoms with Crippen LogP contribution in [0.4, 0.5) is 10.6 Å². The number of carbonyl (C=O) groups is 2. The maximum Gasteiger partial charge on any atom is 0.410 e. The van der Waals surface area contributed by atoms with Gasteiger partial charge in [-0.25, -0.2) is 9.78 Å². The molecule has 0 spiro atoms. The fraction of sp³-hybridized carbons (Fsp3) is 0.500. The van der Waals surface area contributed by atoms with Crippen molar-refractivity contribution >= 4 is 33.7 Å². The third-order valence-electron chi connectivity index (χ3n) is 3.40. The molecule has 1 saturated heterocycles. The van der Waals surface area contributed by atoms with Gasteiger partial charge < -0.3 is 19.9 Å². The number of anilines is 1. The number of ether oxygens (including phenoxy) is 1. The predicted molar refractivity (Wildman–Crippen MR) is 85.8 cm³/mol. The fourth-order valence-corrected chi connectivity index (χ4v) is 2.41. The molecule has 0 saturated carbocycles. The molecule has 0 unspecified atom stereocenters. The second-order valence-electron chi connectivity index (χ2n) is 4.89. The van der Waals surface area contributed by atoms with Crippen LogP contribution in [-0.4, -0.2) is 61.7 Å². The first-order chi connectivity index (χ1) is 10.6. The van der Waals surface area contributed by atoms with Gasteiger partial charge >= 0.3 is 6.09 Å². The normalized spacial score (nSPS) is 15.2. The zero-order valence-electron chi connectivity index (χ0n) is 12.4. The third-order valence-corrected chi connectivity index (χ3v) is 3.86. The standard InChI is InChI=1S/C14H19BrN4O3/c1-16-13(20)10-22-14(21)19-6-2-5-18(7-8-19)12-4-3-11(15)9-17-12/h3-4,9H,2,5-8,10H2,1H3,(H,16,20). The van der Waals surface area contributed by atoms with Crippen molar-refractivity contribution in [3.63, 3.8) is 0 Å². The van der Waals surface area contributed by atoms with Crippen LogP contribution in [0.5, 0.6) is 0 Å². The monoisotopic (exact) mass is 370 g/mol. The molecule has 0 aliphatic carbocycles. The minimum atomic E-state index is -0.450. The molecule has 1 aromatic heterocycles. The largest absolute Gasteiger partial charge is 0.439 e. The number of hydrogen-bond acceptors (Lipinski definition) is 5. The van der Waals surface area contributed by atoms with Crippen LogP contribution in [0.2, 0.25) is 0 Å². The second kappa shape index (κ2) is 7.98. The summed E-state index contributed by atoms with van der Waals surface area (Å²) in [6.07, 6.45) is 2.14. The first-order valence-electron chi connectivity index (χ1n) is 7.09. The molecule has 2 amide bonds. The topological polar surface area (TPSA) is 74.8 Å². The van der Waals surface area contributed by atoms with Crippen LogP contribution in [0.1, 0.15) is 6.42 Å². The number of pyridine rings is 1. The summed E-state index contributed by atoms with van der Waals surface area (Å²) in [7, 11) is 1.51. The smallest absolute Gasteiger partial charge is 0.410 e. The summed E-state index contributed by atoms with van der Waals surface area (Å²) < 4.78 is 5.92. The lowest BCUT2D eigenvalue weighted by molar-refractivity contribution is -0.123. The molecule has 0 aromatic carbocycles. The predicted octanol–water partition coefficient (Wildman–Crippen LogP) is 1.24. The SMILES string of the molecule is CNC(=O)COC(=O)N1CCCN(c2ccc(Br)cn2)CC1. The van der Waals surface area contributed by atoms with Gasteiger partial charge in [-0.05, 0) is 34.5 Å². The number of carbonyl (C=O) groups excluding carboxylic acids is 2. The Balaban J connectivity index is 1.88. The van der Waals surface area contributed by atoms with Gasteiger partial charge in [0.25, 0.3) is 5.91 Å². The molecule has 22 heavy (non-hydrogen) atoms. The first kappa shape index (κ1) is 16.5. The van der Waals surface area contributed by atoms with Crippen molar-refractivity contribution in [2.24, 2.45) is 0 Å². The van der Waals surface area contributed by atoms with Gasteiger partial charge in [0.15, 0.2) is 6.61 Å². The summed E-state index contributed by atoms with van der Waals surface area (Å²) in [5.41, 5.74) is 0. The van der Waals surface area contributed by atoms with Crippen molar-refractivity contribution in [3.05, 3.63) is 22.8 Å². The minimum Gasteiger partial charge on any atom is -0.439 e. The minimum absolute atomic E-state index is 0.246. The van der Waals surface area contributed by atoms with Gasteiger partial charge in [0, 0.05) is 43.9 Å². The highest BCUT2D eigenvalue weighted by Crippen LogP contribution is 2.16. The summed E-state index contributed by atoms with van der Waals surface area (Å²) in [4.78, 5) is 31.2. The number of likely N-dealkylation sites (N-methyl/N-ethyl adjacent to an activating group) is 1. The molecular formula is C14H19BrN4O3. The van der Waals surface area contributed by atoms with E-state index in [9.17, 15) is 9.59 Å². The molecule has 120 valence electrons. The number of hydrogen-bond donors (Lipinski definition) is 1. The van der Waals surface area contributed by atoms with Gasteiger partial charge in [0.1, 0.15) is 5.82 Å². The second-order valence-corrected chi connectivity index (χ2v) is 5.81. The Morgan fingerprint density at radius 2 is 2.14 bits per heavy atom. The van der Waals surface area contributed by atoms with Crippen LogP contribution >= 0.6 is 15.9 Å². The Morgan fingerprint density at radius 1 is 1.32 bits per heavy atom. The van der Waals surface area contributed by atoms with Crippen LogP contribution in [0.25, 0.3) is 0 Å². The van der Waals surface area contributed by atoms with Crippen LogP contribution in [-0.2, 0) is 9.53 Å². The Bertz CT molecular complexity index is 523. The van der Waals surface area contributed by atoms with Gasteiger partial charge in [-0.2, -0.15) is 0 Å². The van der Waals surface area contributed by atoms with E-state index in [1.165, 1.54) is 7.05 Å². The molecule has 0 atom stereocenters. The van der Waals surface area contributed by atoms with Gasteiger partial charge in [-0.1, -0.05) is 0 Å². The number of nitrogens with one attached hydrogen (secondary N) is 1. The van der Waals surface area contributed by atoms with Gasteiger partial charge in [-0.15, -0.1) is 0 Å². The van der Waals surface area contributed by atoms with E-state index in [4.69, 9.17) is 4.74 Å². The zero-order chi connectivity index (χ0) is 15.9. The van der Waals surface area contributed by atoms with Gasteiger partial charge in [0.2, 0.25) is 0 Å². The molecular weight excluding hydrogens is 352 g/mol. The fourth-order valence-electron chi connectivity index (χ4n) is 2.17.